The maximum absolute atomic E-state index is 13.9. The highest BCUT2D eigenvalue weighted by Gasteiger charge is 2.27. The molecule has 0 bridgehead atoms. The molecular formula is C33H29Cl2N3O3. The average Bonchev–Trinajstić information content (AvgIpc) is 2.98. The quantitative estimate of drug-likeness (QED) is 0.183. The van der Waals surface area contributed by atoms with E-state index in [4.69, 9.17) is 32.9 Å². The molecule has 1 amide bonds. The molecule has 0 saturated heterocycles. The van der Waals surface area contributed by atoms with Crippen LogP contribution in [0.15, 0.2) is 102 Å². The van der Waals surface area contributed by atoms with E-state index < -0.39 is 6.04 Å². The molecule has 0 spiro atoms. The van der Waals surface area contributed by atoms with Crippen LogP contribution in [0.1, 0.15) is 29.9 Å². The number of aromatic nitrogens is 2. The van der Waals surface area contributed by atoms with Gasteiger partial charge >= 0.3 is 0 Å². The van der Waals surface area contributed by atoms with Crippen molar-refractivity contribution in [3.05, 3.63) is 134 Å². The number of amides is 1. The van der Waals surface area contributed by atoms with Crippen molar-refractivity contribution in [3.8, 4) is 11.4 Å². The second-order valence-corrected chi connectivity index (χ2v) is 10.7. The molecule has 41 heavy (non-hydrogen) atoms. The van der Waals surface area contributed by atoms with Crippen molar-refractivity contribution in [2.24, 2.45) is 0 Å². The molecule has 5 rings (SSSR count). The van der Waals surface area contributed by atoms with Gasteiger partial charge in [-0.15, -0.1) is 0 Å². The van der Waals surface area contributed by atoms with Crippen LogP contribution in [0.2, 0.25) is 10.0 Å². The van der Waals surface area contributed by atoms with Crippen LogP contribution in [-0.2, 0) is 11.2 Å². The third-order valence-corrected chi connectivity index (χ3v) is 7.46. The largest absolute Gasteiger partial charge is 0.484 e. The van der Waals surface area contributed by atoms with Crippen molar-refractivity contribution in [1.82, 2.24) is 14.5 Å². The van der Waals surface area contributed by atoms with Crippen LogP contribution in [-0.4, -0.2) is 33.5 Å². The number of rotatable bonds is 9. The van der Waals surface area contributed by atoms with Crippen molar-refractivity contribution in [1.29, 1.82) is 0 Å². The summed E-state index contributed by atoms with van der Waals surface area (Å²) in [6.07, 6.45) is 0.617. The molecule has 0 aliphatic carbocycles. The fraction of sp³-hybridized carbons (Fsp3) is 0.182. The predicted octanol–water partition coefficient (Wildman–Crippen LogP) is 7.21. The van der Waals surface area contributed by atoms with Gasteiger partial charge in [-0.1, -0.05) is 71.2 Å². The van der Waals surface area contributed by atoms with Gasteiger partial charge in [0.05, 0.1) is 22.6 Å². The van der Waals surface area contributed by atoms with E-state index in [1.54, 1.807) is 51.9 Å². The summed E-state index contributed by atoms with van der Waals surface area (Å²) < 4.78 is 7.41. The Bertz CT molecular complexity index is 1720. The number of carbonyl (C=O) groups is 1. The number of hydrogen-bond donors (Lipinski definition) is 0. The lowest BCUT2D eigenvalue weighted by Gasteiger charge is -2.31. The standard InChI is InChI=1S/C33H29Cl2N3O3/c1-22-8-13-27(14-9-22)38-32(36-30-20-26(35)12-17-29(30)33(38)40)23(2)37(19-18-24-6-4-3-5-7-24)31(39)21-41-28-15-10-25(34)11-16-28/h3-17,20,23H,18-19,21H2,1-2H3. The zero-order chi connectivity index (χ0) is 28.9. The number of aryl methyl sites for hydroxylation is 1. The van der Waals surface area contributed by atoms with Gasteiger partial charge in [-0.05, 0) is 80.4 Å². The lowest BCUT2D eigenvalue weighted by Crippen LogP contribution is -2.41. The van der Waals surface area contributed by atoms with Crippen LogP contribution in [0.5, 0.6) is 5.75 Å². The molecule has 0 aliphatic heterocycles. The van der Waals surface area contributed by atoms with Gasteiger partial charge in [0.2, 0.25) is 0 Å². The zero-order valence-electron chi connectivity index (χ0n) is 22.8. The van der Waals surface area contributed by atoms with Crippen LogP contribution in [0.25, 0.3) is 16.6 Å². The van der Waals surface area contributed by atoms with E-state index in [1.807, 2.05) is 68.4 Å². The minimum atomic E-state index is -0.572. The Balaban J connectivity index is 1.56. The highest BCUT2D eigenvalue weighted by Crippen LogP contribution is 2.25. The number of benzene rings is 4. The molecule has 5 aromatic rings. The molecule has 4 aromatic carbocycles. The topological polar surface area (TPSA) is 64.4 Å². The molecular weight excluding hydrogens is 557 g/mol. The summed E-state index contributed by atoms with van der Waals surface area (Å²) in [6, 6.07) is 28.9. The summed E-state index contributed by atoms with van der Waals surface area (Å²) in [5.74, 6) is 0.731. The Hall–Kier alpha value is -4.13. The first-order valence-electron chi connectivity index (χ1n) is 13.3. The molecule has 0 aliphatic rings. The first-order chi connectivity index (χ1) is 19.8. The molecule has 0 fully saturated rings. The van der Waals surface area contributed by atoms with Crippen molar-refractivity contribution < 1.29 is 9.53 Å². The van der Waals surface area contributed by atoms with E-state index >= 15 is 0 Å². The third kappa shape index (κ3) is 6.62. The first kappa shape index (κ1) is 28.4. The summed E-state index contributed by atoms with van der Waals surface area (Å²) in [5.41, 5.74) is 3.06. The van der Waals surface area contributed by atoms with Gasteiger partial charge in [0.15, 0.2) is 6.61 Å². The van der Waals surface area contributed by atoms with E-state index in [9.17, 15) is 9.59 Å². The highest BCUT2D eigenvalue weighted by atomic mass is 35.5. The molecule has 0 N–H and O–H groups in total. The van der Waals surface area contributed by atoms with Gasteiger partial charge in [-0.2, -0.15) is 0 Å². The molecule has 1 unspecified atom stereocenters. The second kappa shape index (κ2) is 12.6. The molecule has 0 saturated carbocycles. The highest BCUT2D eigenvalue weighted by molar-refractivity contribution is 6.31. The lowest BCUT2D eigenvalue weighted by molar-refractivity contribution is -0.135. The van der Waals surface area contributed by atoms with Crippen LogP contribution in [0, 0.1) is 6.92 Å². The second-order valence-electron chi connectivity index (χ2n) is 9.85. The smallest absolute Gasteiger partial charge is 0.266 e. The van der Waals surface area contributed by atoms with Crippen LogP contribution < -0.4 is 10.3 Å². The third-order valence-electron chi connectivity index (χ3n) is 6.97. The van der Waals surface area contributed by atoms with E-state index in [0.29, 0.717) is 51.2 Å². The van der Waals surface area contributed by atoms with E-state index in [-0.39, 0.29) is 18.1 Å². The van der Waals surface area contributed by atoms with Gasteiger partial charge in [0.1, 0.15) is 11.6 Å². The molecule has 1 aromatic heterocycles. The number of carbonyl (C=O) groups excluding carboxylic acids is 1. The van der Waals surface area contributed by atoms with E-state index in [0.717, 1.165) is 11.1 Å². The minimum absolute atomic E-state index is 0.186. The van der Waals surface area contributed by atoms with E-state index in [1.165, 1.54) is 0 Å². The van der Waals surface area contributed by atoms with Gasteiger partial charge in [0, 0.05) is 16.6 Å². The number of halogens is 2. The molecule has 6 nitrogen and oxygen atoms in total. The Labute approximate surface area is 248 Å². The van der Waals surface area contributed by atoms with Crippen molar-refractivity contribution >= 4 is 40.0 Å². The number of hydrogen-bond acceptors (Lipinski definition) is 4. The lowest BCUT2D eigenvalue weighted by atomic mass is 10.1. The SMILES string of the molecule is Cc1ccc(-n2c(C(C)N(CCc3ccccc3)C(=O)COc3ccc(Cl)cc3)nc3cc(Cl)ccc3c2=O)cc1. The maximum atomic E-state index is 13.9. The van der Waals surface area contributed by atoms with Crippen molar-refractivity contribution in [2.75, 3.05) is 13.2 Å². The molecule has 208 valence electrons. The van der Waals surface area contributed by atoms with Gasteiger partial charge < -0.3 is 9.64 Å². The van der Waals surface area contributed by atoms with Crippen molar-refractivity contribution in [3.63, 3.8) is 0 Å². The fourth-order valence-electron chi connectivity index (χ4n) is 4.73. The van der Waals surface area contributed by atoms with Crippen LogP contribution in [0.3, 0.4) is 0 Å². The van der Waals surface area contributed by atoms with Crippen molar-refractivity contribution in [2.45, 2.75) is 26.3 Å². The Morgan fingerprint density at radius 3 is 2.32 bits per heavy atom. The van der Waals surface area contributed by atoms with Gasteiger partial charge in [-0.25, -0.2) is 4.98 Å². The Morgan fingerprint density at radius 2 is 1.61 bits per heavy atom. The number of nitrogens with zero attached hydrogens (tertiary/aromatic N) is 3. The minimum Gasteiger partial charge on any atom is -0.484 e. The first-order valence-corrected chi connectivity index (χ1v) is 14.1. The molecule has 1 heterocycles. The van der Waals surface area contributed by atoms with Crippen LogP contribution in [0.4, 0.5) is 0 Å². The molecule has 8 heteroatoms. The summed E-state index contributed by atoms with van der Waals surface area (Å²) in [4.78, 5) is 34.3. The maximum Gasteiger partial charge on any atom is 0.266 e. The van der Waals surface area contributed by atoms with Crippen LogP contribution >= 0.6 is 23.2 Å². The normalized spacial score (nSPS) is 11.8. The summed E-state index contributed by atoms with van der Waals surface area (Å²) in [5, 5.41) is 1.50. The number of ether oxygens (including phenoxy) is 1. The molecule has 1 atom stereocenters. The number of fused-ring (bicyclic) bond motifs is 1. The summed E-state index contributed by atoms with van der Waals surface area (Å²) in [6.45, 7) is 4.08. The summed E-state index contributed by atoms with van der Waals surface area (Å²) in [7, 11) is 0. The van der Waals surface area contributed by atoms with E-state index in [2.05, 4.69) is 0 Å². The predicted molar refractivity (Wildman–Crippen MR) is 164 cm³/mol. The monoisotopic (exact) mass is 585 g/mol. The van der Waals surface area contributed by atoms with Gasteiger partial charge in [-0.3, -0.25) is 14.2 Å². The average molecular weight is 587 g/mol. The summed E-state index contributed by atoms with van der Waals surface area (Å²) >= 11 is 12.3. The molecule has 0 radical (unpaired) electrons. The Kier molecular flexibility index (Phi) is 8.72. The zero-order valence-corrected chi connectivity index (χ0v) is 24.3. The van der Waals surface area contributed by atoms with Gasteiger partial charge in [0.25, 0.3) is 11.5 Å². The Morgan fingerprint density at radius 1 is 0.927 bits per heavy atom. The fourth-order valence-corrected chi connectivity index (χ4v) is 5.02.